The number of rotatable bonds is 3. The first-order valence-corrected chi connectivity index (χ1v) is 5.80. The Kier molecular flexibility index (Phi) is 3.19. The average molecular weight is 251 g/mol. The maximum Gasteiger partial charge on any atom is 0.178 e. The van der Waals surface area contributed by atoms with Crippen LogP contribution in [0.25, 0.3) is 10.6 Å². The molecule has 0 aliphatic carbocycles. The van der Waals surface area contributed by atoms with Crippen molar-refractivity contribution in [1.29, 1.82) is 0 Å². The van der Waals surface area contributed by atoms with Crippen LogP contribution in [-0.4, -0.2) is 17.9 Å². The number of thiazole rings is 1. The third-order valence-electron chi connectivity index (χ3n) is 2.26. The number of ether oxygens (including phenoxy) is 1. The molecule has 0 saturated carbocycles. The summed E-state index contributed by atoms with van der Waals surface area (Å²) < 4.78 is 18.3. The van der Waals surface area contributed by atoms with Crippen LogP contribution in [0.5, 0.6) is 5.75 Å². The van der Waals surface area contributed by atoms with Crippen LogP contribution < -0.4 is 4.74 Å². The fourth-order valence-corrected chi connectivity index (χ4v) is 2.29. The summed E-state index contributed by atoms with van der Waals surface area (Å²) in [4.78, 5) is 15.3. The van der Waals surface area contributed by atoms with Crippen molar-refractivity contribution in [1.82, 2.24) is 4.98 Å². The van der Waals surface area contributed by atoms with E-state index in [-0.39, 0.29) is 11.6 Å². The summed E-state index contributed by atoms with van der Waals surface area (Å²) in [6.07, 6.45) is 0. The molecule has 0 N–H and O–H groups in total. The van der Waals surface area contributed by atoms with E-state index in [4.69, 9.17) is 4.74 Å². The molecule has 1 aromatic heterocycles. The molecule has 3 nitrogen and oxygen atoms in total. The number of hydrogen-bond acceptors (Lipinski definition) is 4. The van der Waals surface area contributed by atoms with E-state index in [2.05, 4.69) is 4.98 Å². The number of hydrogen-bond donors (Lipinski definition) is 0. The summed E-state index contributed by atoms with van der Waals surface area (Å²) in [6.45, 7) is 1.45. The van der Waals surface area contributed by atoms with Gasteiger partial charge in [-0.2, -0.15) is 0 Å². The van der Waals surface area contributed by atoms with Crippen LogP contribution in [0.1, 0.15) is 17.4 Å². The van der Waals surface area contributed by atoms with E-state index in [0.29, 0.717) is 22.0 Å². The molecule has 1 heterocycles. The van der Waals surface area contributed by atoms with Gasteiger partial charge in [-0.15, -0.1) is 11.3 Å². The highest BCUT2D eigenvalue weighted by Gasteiger charge is 2.13. The van der Waals surface area contributed by atoms with Gasteiger partial charge >= 0.3 is 0 Å². The number of carbonyl (C=O) groups excluding carboxylic acids is 1. The van der Waals surface area contributed by atoms with Crippen LogP contribution in [0.3, 0.4) is 0 Å². The summed E-state index contributed by atoms with van der Waals surface area (Å²) >= 11 is 1.29. The number of ketones is 1. The minimum absolute atomic E-state index is 0.108. The van der Waals surface area contributed by atoms with Crippen LogP contribution in [0.2, 0.25) is 0 Å². The molecule has 0 spiro atoms. The fraction of sp³-hybridized carbons (Fsp3) is 0.167. The fourth-order valence-electron chi connectivity index (χ4n) is 1.41. The van der Waals surface area contributed by atoms with Gasteiger partial charge in [0.2, 0.25) is 0 Å². The number of aromatic nitrogens is 1. The van der Waals surface area contributed by atoms with E-state index in [1.165, 1.54) is 37.5 Å². The Morgan fingerprint density at radius 1 is 1.47 bits per heavy atom. The minimum atomic E-state index is -0.361. The predicted molar refractivity (Wildman–Crippen MR) is 64.1 cm³/mol. The van der Waals surface area contributed by atoms with Crippen LogP contribution in [0.4, 0.5) is 4.39 Å². The molecule has 2 aromatic rings. The Labute approximate surface area is 102 Å². The highest BCUT2D eigenvalue weighted by molar-refractivity contribution is 7.13. The molecule has 0 aliphatic heterocycles. The lowest BCUT2D eigenvalue weighted by molar-refractivity contribution is 0.101. The molecule has 0 amide bonds. The largest absolute Gasteiger partial charge is 0.496 e. The predicted octanol–water partition coefficient (Wildman–Crippen LogP) is 3.16. The molecule has 5 heteroatoms. The third-order valence-corrected chi connectivity index (χ3v) is 3.13. The molecule has 88 valence electrons. The zero-order valence-corrected chi connectivity index (χ0v) is 10.2. The number of Topliss-reactive ketones (excluding diaryl/α,β-unsaturated/α-hetero) is 1. The summed E-state index contributed by atoms with van der Waals surface area (Å²) in [7, 11) is 1.51. The smallest absolute Gasteiger partial charge is 0.178 e. The normalized spacial score (nSPS) is 10.3. The monoisotopic (exact) mass is 251 g/mol. The molecular weight excluding hydrogens is 241 g/mol. The van der Waals surface area contributed by atoms with Crippen molar-refractivity contribution in [3.05, 3.63) is 35.1 Å². The van der Waals surface area contributed by atoms with Gasteiger partial charge in [0.15, 0.2) is 5.78 Å². The van der Waals surface area contributed by atoms with Crippen molar-refractivity contribution in [3.63, 3.8) is 0 Å². The molecule has 0 atom stereocenters. The summed E-state index contributed by atoms with van der Waals surface area (Å²) in [5.74, 6) is 0.0686. The Bertz CT molecular complexity index is 565. The molecule has 0 unspecified atom stereocenters. The van der Waals surface area contributed by atoms with E-state index in [1.807, 2.05) is 0 Å². The number of benzene rings is 1. The van der Waals surface area contributed by atoms with E-state index in [9.17, 15) is 9.18 Å². The van der Waals surface area contributed by atoms with Gasteiger partial charge in [-0.25, -0.2) is 9.37 Å². The highest BCUT2D eigenvalue weighted by atomic mass is 32.1. The first kappa shape index (κ1) is 11.7. The second kappa shape index (κ2) is 4.63. The lowest BCUT2D eigenvalue weighted by Gasteiger charge is -2.05. The Balaban J connectivity index is 2.51. The van der Waals surface area contributed by atoms with Crippen molar-refractivity contribution in [3.8, 4) is 16.3 Å². The van der Waals surface area contributed by atoms with Crippen molar-refractivity contribution in [2.24, 2.45) is 0 Å². The topological polar surface area (TPSA) is 39.2 Å². The molecule has 0 fully saturated rings. The summed E-state index contributed by atoms with van der Waals surface area (Å²) in [6, 6.07) is 4.21. The molecule has 0 radical (unpaired) electrons. The van der Waals surface area contributed by atoms with Gasteiger partial charge in [-0.3, -0.25) is 4.79 Å². The first-order chi connectivity index (χ1) is 8.11. The summed E-state index contributed by atoms with van der Waals surface area (Å²) in [5.41, 5.74) is 0.946. The third kappa shape index (κ3) is 2.34. The number of carbonyl (C=O) groups is 1. The Hall–Kier alpha value is -1.75. The Morgan fingerprint density at radius 3 is 2.82 bits per heavy atom. The van der Waals surface area contributed by atoms with E-state index >= 15 is 0 Å². The molecule has 1 aromatic carbocycles. The lowest BCUT2D eigenvalue weighted by atomic mass is 10.2. The highest BCUT2D eigenvalue weighted by Crippen LogP contribution is 2.32. The first-order valence-electron chi connectivity index (χ1n) is 4.92. The van der Waals surface area contributed by atoms with Gasteiger partial charge in [0.25, 0.3) is 0 Å². The molecule has 0 aliphatic rings. The maximum atomic E-state index is 13.2. The van der Waals surface area contributed by atoms with Crippen molar-refractivity contribution in [2.75, 3.05) is 7.11 Å². The van der Waals surface area contributed by atoms with Gasteiger partial charge in [0, 0.05) is 12.3 Å². The molecular formula is C12H10FNO2S. The number of methoxy groups -OCH3 is 1. The number of halogens is 1. The van der Waals surface area contributed by atoms with Gasteiger partial charge in [-0.1, -0.05) is 0 Å². The molecule has 0 bridgehead atoms. The standard InChI is InChI=1S/C12H10FNO2S/c1-7(15)10-6-17-12(14-10)9-5-8(13)3-4-11(9)16-2/h3-6H,1-2H3. The Morgan fingerprint density at radius 2 is 2.24 bits per heavy atom. The average Bonchev–Trinajstić information content (AvgIpc) is 2.78. The second-order valence-electron chi connectivity index (χ2n) is 3.44. The zero-order chi connectivity index (χ0) is 12.4. The second-order valence-corrected chi connectivity index (χ2v) is 4.30. The zero-order valence-electron chi connectivity index (χ0n) is 9.36. The van der Waals surface area contributed by atoms with E-state index in [1.54, 1.807) is 11.4 Å². The van der Waals surface area contributed by atoms with Gasteiger partial charge < -0.3 is 4.74 Å². The van der Waals surface area contributed by atoms with Crippen molar-refractivity contribution in [2.45, 2.75) is 6.92 Å². The minimum Gasteiger partial charge on any atom is -0.496 e. The van der Waals surface area contributed by atoms with Gasteiger partial charge in [-0.05, 0) is 18.2 Å². The van der Waals surface area contributed by atoms with E-state index in [0.717, 1.165) is 0 Å². The molecule has 17 heavy (non-hydrogen) atoms. The van der Waals surface area contributed by atoms with Crippen molar-refractivity contribution >= 4 is 17.1 Å². The van der Waals surface area contributed by atoms with Gasteiger partial charge in [0.1, 0.15) is 22.3 Å². The lowest BCUT2D eigenvalue weighted by Crippen LogP contribution is -1.93. The maximum absolute atomic E-state index is 13.2. The quantitative estimate of drug-likeness (QED) is 0.786. The van der Waals surface area contributed by atoms with Crippen LogP contribution >= 0.6 is 11.3 Å². The number of nitrogens with zero attached hydrogens (tertiary/aromatic N) is 1. The van der Waals surface area contributed by atoms with Gasteiger partial charge in [0.05, 0.1) is 12.7 Å². The van der Waals surface area contributed by atoms with Crippen LogP contribution in [-0.2, 0) is 0 Å². The molecule has 0 saturated heterocycles. The van der Waals surface area contributed by atoms with Crippen LogP contribution in [0.15, 0.2) is 23.6 Å². The summed E-state index contributed by atoms with van der Waals surface area (Å²) in [5, 5.41) is 2.23. The van der Waals surface area contributed by atoms with E-state index < -0.39 is 0 Å². The van der Waals surface area contributed by atoms with Crippen molar-refractivity contribution < 1.29 is 13.9 Å². The SMILES string of the molecule is COc1ccc(F)cc1-c1nc(C(C)=O)cs1. The molecule has 2 rings (SSSR count). The van der Waals surface area contributed by atoms with Crippen LogP contribution in [0, 0.1) is 5.82 Å².